The second-order valence-corrected chi connectivity index (χ2v) is 4.98. The third-order valence-electron chi connectivity index (χ3n) is 3.52. The highest BCUT2D eigenvalue weighted by atomic mass is 16.6. The van der Waals surface area contributed by atoms with Crippen molar-refractivity contribution in [3.05, 3.63) is 71.8 Å². The van der Waals surface area contributed by atoms with Crippen LogP contribution in [0.2, 0.25) is 0 Å². The van der Waals surface area contributed by atoms with Gasteiger partial charge in [-0.15, -0.1) is 0 Å². The number of ether oxygens (including phenoxy) is 1. The highest BCUT2D eigenvalue weighted by Gasteiger charge is 2.45. The molecular formula is C17H16O3. The Morgan fingerprint density at radius 3 is 2.30 bits per heavy atom. The minimum atomic E-state index is -0.760. The Morgan fingerprint density at radius 1 is 1.05 bits per heavy atom. The molecular weight excluding hydrogens is 252 g/mol. The zero-order valence-electron chi connectivity index (χ0n) is 11.0. The zero-order chi connectivity index (χ0) is 13.9. The summed E-state index contributed by atoms with van der Waals surface area (Å²) >= 11 is 0. The summed E-state index contributed by atoms with van der Waals surface area (Å²) in [6.07, 6.45) is -1.22. The molecule has 20 heavy (non-hydrogen) atoms. The number of carbonyl (C=O) groups excluding carboxylic acids is 1. The topological polar surface area (TPSA) is 49.8 Å². The summed E-state index contributed by atoms with van der Waals surface area (Å²) < 4.78 is 5.44. The molecule has 0 amide bonds. The average molecular weight is 268 g/mol. The van der Waals surface area contributed by atoms with E-state index in [1.54, 1.807) is 0 Å². The first-order valence-electron chi connectivity index (χ1n) is 6.72. The van der Waals surface area contributed by atoms with Gasteiger partial charge in [0.25, 0.3) is 0 Å². The molecule has 1 saturated heterocycles. The summed E-state index contributed by atoms with van der Waals surface area (Å²) in [4.78, 5) is 12.1. The lowest BCUT2D eigenvalue weighted by molar-refractivity contribution is -0.122. The molecule has 2 aromatic rings. The largest absolute Gasteiger partial charge is 0.388 e. The van der Waals surface area contributed by atoms with Crippen molar-refractivity contribution >= 4 is 5.78 Å². The van der Waals surface area contributed by atoms with Gasteiger partial charge in [0, 0.05) is 6.42 Å². The van der Waals surface area contributed by atoms with E-state index in [1.807, 2.05) is 60.7 Å². The molecule has 0 saturated carbocycles. The lowest BCUT2D eigenvalue weighted by Crippen LogP contribution is -2.12. The standard InChI is InChI=1S/C17H16O3/c18-14(12-7-3-1-4-8-12)11-15(19)17-16(20-17)13-9-5-2-6-10-13/h1-10,14,16-18H,11H2. The Kier molecular flexibility index (Phi) is 3.63. The molecule has 3 heteroatoms. The molecule has 1 aliphatic rings. The lowest BCUT2D eigenvalue weighted by Gasteiger charge is -2.08. The van der Waals surface area contributed by atoms with E-state index in [-0.39, 0.29) is 18.3 Å². The average Bonchev–Trinajstić information content (AvgIpc) is 3.29. The highest BCUT2D eigenvalue weighted by molar-refractivity contribution is 5.86. The first-order valence-corrected chi connectivity index (χ1v) is 6.72. The van der Waals surface area contributed by atoms with E-state index in [0.29, 0.717) is 0 Å². The Labute approximate surface area is 117 Å². The number of epoxide rings is 1. The number of rotatable bonds is 5. The van der Waals surface area contributed by atoms with E-state index < -0.39 is 12.2 Å². The number of ketones is 1. The van der Waals surface area contributed by atoms with E-state index >= 15 is 0 Å². The number of Topliss-reactive ketones (excluding diaryl/α,β-unsaturated/α-hetero) is 1. The number of benzene rings is 2. The Morgan fingerprint density at radius 2 is 1.65 bits per heavy atom. The van der Waals surface area contributed by atoms with E-state index in [0.717, 1.165) is 11.1 Å². The summed E-state index contributed by atoms with van der Waals surface area (Å²) in [5, 5.41) is 10.0. The second kappa shape index (κ2) is 5.57. The maximum atomic E-state index is 12.1. The summed E-state index contributed by atoms with van der Waals surface area (Å²) in [7, 11) is 0. The van der Waals surface area contributed by atoms with Gasteiger partial charge in [-0.05, 0) is 11.1 Å². The van der Waals surface area contributed by atoms with E-state index in [1.165, 1.54) is 0 Å². The first kappa shape index (κ1) is 13.0. The fraction of sp³-hybridized carbons (Fsp3) is 0.235. The molecule has 3 nitrogen and oxygen atoms in total. The molecule has 0 aliphatic carbocycles. The number of aliphatic hydroxyl groups is 1. The number of hydrogen-bond acceptors (Lipinski definition) is 3. The molecule has 0 radical (unpaired) electrons. The minimum absolute atomic E-state index is 0.0461. The molecule has 0 bridgehead atoms. The maximum absolute atomic E-state index is 12.1. The van der Waals surface area contributed by atoms with Gasteiger partial charge < -0.3 is 9.84 Å². The molecule has 3 unspecified atom stereocenters. The summed E-state index contributed by atoms with van der Waals surface area (Å²) in [5.41, 5.74) is 1.78. The van der Waals surface area contributed by atoms with Crippen LogP contribution < -0.4 is 0 Å². The molecule has 2 aromatic carbocycles. The van der Waals surface area contributed by atoms with Crippen molar-refractivity contribution in [3.63, 3.8) is 0 Å². The summed E-state index contributed by atoms with van der Waals surface area (Å²) in [5.74, 6) is -0.0461. The normalized spacial score (nSPS) is 22.2. The van der Waals surface area contributed by atoms with Crippen molar-refractivity contribution in [2.24, 2.45) is 0 Å². The monoisotopic (exact) mass is 268 g/mol. The molecule has 3 atom stereocenters. The van der Waals surface area contributed by atoms with Crippen LogP contribution in [-0.4, -0.2) is 17.0 Å². The lowest BCUT2D eigenvalue weighted by atomic mass is 10.0. The van der Waals surface area contributed by atoms with Crippen LogP contribution in [-0.2, 0) is 9.53 Å². The van der Waals surface area contributed by atoms with Crippen LogP contribution in [0.1, 0.15) is 29.8 Å². The van der Waals surface area contributed by atoms with Crippen molar-refractivity contribution in [1.29, 1.82) is 0 Å². The first-order chi connectivity index (χ1) is 9.75. The molecule has 0 aromatic heterocycles. The highest BCUT2D eigenvalue weighted by Crippen LogP contribution is 2.40. The van der Waals surface area contributed by atoms with Crippen molar-refractivity contribution < 1.29 is 14.6 Å². The summed E-state index contributed by atoms with van der Waals surface area (Å²) in [6.45, 7) is 0. The van der Waals surface area contributed by atoms with Gasteiger partial charge in [-0.2, -0.15) is 0 Å². The SMILES string of the molecule is O=C(CC(O)c1ccccc1)C1OC1c1ccccc1. The molecule has 102 valence electrons. The summed E-state index contributed by atoms with van der Waals surface area (Å²) in [6, 6.07) is 18.9. The van der Waals surface area contributed by atoms with E-state index in [4.69, 9.17) is 4.74 Å². The zero-order valence-corrected chi connectivity index (χ0v) is 11.0. The predicted molar refractivity (Wildman–Crippen MR) is 75.1 cm³/mol. The van der Waals surface area contributed by atoms with Crippen molar-refractivity contribution in [1.82, 2.24) is 0 Å². The van der Waals surface area contributed by atoms with Crippen LogP contribution in [0.5, 0.6) is 0 Å². The van der Waals surface area contributed by atoms with Gasteiger partial charge in [0.15, 0.2) is 5.78 Å². The van der Waals surface area contributed by atoms with Crippen LogP contribution >= 0.6 is 0 Å². The Balaban J connectivity index is 1.59. The van der Waals surface area contributed by atoms with Gasteiger partial charge in [-0.1, -0.05) is 60.7 Å². The molecule has 1 aliphatic heterocycles. The minimum Gasteiger partial charge on any atom is -0.388 e. The van der Waals surface area contributed by atoms with Crippen molar-refractivity contribution in [2.75, 3.05) is 0 Å². The number of carbonyl (C=O) groups is 1. The van der Waals surface area contributed by atoms with Crippen LogP contribution in [0.3, 0.4) is 0 Å². The van der Waals surface area contributed by atoms with Gasteiger partial charge in [0.05, 0.1) is 6.10 Å². The van der Waals surface area contributed by atoms with Gasteiger partial charge in [-0.25, -0.2) is 0 Å². The van der Waals surface area contributed by atoms with Crippen molar-refractivity contribution in [3.8, 4) is 0 Å². The van der Waals surface area contributed by atoms with Crippen LogP contribution in [0.25, 0.3) is 0 Å². The second-order valence-electron chi connectivity index (χ2n) is 4.98. The quantitative estimate of drug-likeness (QED) is 0.848. The van der Waals surface area contributed by atoms with Gasteiger partial charge in [0.1, 0.15) is 12.2 Å². The maximum Gasteiger partial charge on any atom is 0.167 e. The third kappa shape index (κ3) is 2.79. The third-order valence-corrected chi connectivity index (χ3v) is 3.52. The molecule has 0 spiro atoms. The Hall–Kier alpha value is -1.97. The van der Waals surface area contributed by atoms with Gasteiger partial charge in [0.2, 0.25) is 0 Å². The van der Waals surface area contributed by atoms with Gasteiger partial charge >= 0.3 is 0 Å². The molecule has 1 fully saturated rings. The van der Waals surface area contributed by atoms with Crippen molar-refractivity contribution in [2.45, 2.75) is 24.7 Å². The van der Waals surface area contributed by atoms with Crippen LogP contribution in [0.15, 0.2) is 60.7 Å². The van der Waals surface area contributed by atoms with E-state index in [9.17, 15) is 9.90 Å². The smallest absolute Gasteiger partial charge is 0.167 e. The fourth-order valence-corrected chi connectivity index (χ4v) is 2.35. The van der Waals surface area contributed by atoms with Crippen LogP contribution in [0.4, 0.5) is 0 Å². The fourth-order valence-electron chi connectivity index (χ4n) is 2.35. The number of hydrogen-bond donors (Lipinski definition) is 1. The number of aliphatic hydroxyl groups excluding tert-OH is 1. The molecule has 3 rings (SSSR count). The predicted octanol–water partition coefficient (Wildman–Crippen LogP) is 2.82. The molecule has 1 heterocycles. The van der Waals surface area contributed by atoms with E-state index in [2.05, 4.69) is 0 Å². The Bertz CT molecular complexity index is 580. The molecule has 1 N–H and O–H groups in total. The van der Waals surface area contributed by atoms with Crippen LogP contribution in [0, 0.1) is 0 Å². The van der Waals surface area contributed by atoms with Gasteiger partial charge in [-0.3, -0.25) is 4.79 Å².